The van der Waals surface area contributed by atoms with Gasteiger partial charge in [0.25, 0.3) is 11.5 Å². The highest BCUT2D eigenvalue weighted by atomic mass is 35.5. The summed E-state index contributed by atoms with van der Waals surface area (Å²) in [7, 11) is 0. The first kappa shape index (κ1) is 17.1. The van der Waals surface area contributed by atoms with E-state index in [9.17, 15) is 9.59 Å². The van der Waals surface area contributed by atoms with Gasteiger partial charge in [-0.15, -0.1) is 0 Å². The average molecular weight is 398 g/mol. The van der Waals surface area contributed by atoms with E-state index in [-0.39, 0.29) is 24.6 Å². The molecule has 1 atom stereocenters. The third kappa shape index (κ3) is 2.79. The molecular formula is C20H16ClN3O4. The van der Waals surface area contributed by atoms with Gasteiger partial charge in [0, 0.05) is 19.2 Å². The molecule has 0 saturated heterocycles. The smallest absolute Gasteiger partial charge is 0.267 e. The minimum atomic E-state index is -0.734. The van der Waals surface area contributed by atoms with Crippen molar-refractivity contribution in [1.82, 2.24) is 14.3 Å². The van der Waals surface area contributed by atoms with Gasteiger partial charge in [-0.2, -0.15) is 0 Å². The summed E-state index contributed by atoms with van der Waals surface area (Å²) in [5.74, 6) is 0.976. The Morgan fingerprint density at radius 1 is 1.18 bits per heavy atom. The fourth-order valence-corrected chi connectivity index (χ4v) is 3.77. The number of hydrogen-bond donors (Lipinski definition) is 0. The first-order valence-electron chi connectivity index (χ1n) is 8.97. The highest BCUT2D eigenvalue weighted by Gasteiger charge is 2.33. The van der Waals surface area contributed by atoms with Crippen LogP contribution >= 0.6 is 11.6 Å². The number of rotatable bonds is 1. The number of carbonyl (C=O) groups excluding carboxylic acids is 1. The van der Waals surface area contributed by atoms with Gasteiger partial charge < -0.3 is 14.4 Å². The van der Waals surface area contributed by atoms with Gasteiger partial charge in [-0.3, -0.25) is 14.0 Å². The second-order valence-electron chi connectivity index (χ2n) is 6.79. The zero-order valence-corrected chi connectivity index (χ0v) is 15.6. The lowest BCUT2D eigenvalue weighted by atomic mass is 10.1. The molecule has 0 fully saturated rings. The second-order valence-corrected chi connectivity index (χ2v) is 7.23. The number of benzene rings is 1. The fourth-order valence-electron chi connectivity index (χ4n) is 3.60. The molecule has 0 aliphatic carbocycles. The molecule has 4 heterocycles. The Morgan fingerprint density at radius 2 is 2.00 bits per heavy atom. The molecule has 0 unspecified atom stereocenters. The number of pyridine rings is 1. The Morgan fingerprint density at radius 3 is 2.86 bits per heavy atom. The molecule has 1 aromatic carbocycles. The van der Waals surface area contributed by atoms with Gasteiger partial charge in [-0.1, -0.05) is 23.7 Å². The van der Waals surface area contributed by atoms with Gasteiger partial charge in [-0.05, 0) is 24.3 Å². The fraction of sp³-hybridized carbons (Fsp3) is 0.250. The summed E-state index contributed by atoms with van der Waals surface area (Å²) in [4.78, 5) is 32.1. The molecule has 2 aliphatic heterocycles. The van der Waals surface area contributed by atoms with Gasteiger partial charge in [-0.25, -0.2) is 4.98 Å². The van der Waals surface area contributed by atoms with Crippen molar-refractivity contribution >= 4 is 23.2 Å². The summed E-state index contributed by atoms with van der Waals surface area (Å²) >= 11 is 6.01. The summed E-state index contributed by atoms with van der Waals surface area (Å²) in [6.07, 6.45) is 1.32. The summed E-state index contributed by atoms with van der Waals surface area (Å²) in [6, 6.07) is 10.7. The van der Waals surface area contributed by atoms with Crippen LogP contribution in [-0.2, 0) is 17.8 Å². The van der Waals surface area contributed by atoms with Crippen molar-refractivity contribution in [2.24, 2.45) is 0 Å². The summed E-state index contributed by atoms with van der Waals surface area (Å²) in [6.45, 7) is 0.810. The van der Waals surface area contributed by atoms with Crippen LogP contribution in [0.25, 0.3) is 5.65 Å². The van der Waals surface area contributed by atoms with Crippen molar-refractivity contribution in [1.29, 1.82) is 0 Å². The van der Waals surface area contributed by atoms with E-state index >= 15 is 0 Å². The van der Waals surface area contributed by atoms with Gasteiger partial charge in [0.05, 0.1) is 22.8 Å². The molecule has 2 aromatic heterocycles. The number of hydrogen-bond acceptors (Lipinski definition) is 5. The Labute approximate surface area is 165 Å². The largest absolute Gasteiger partial charge is 0.485 e. The number of carbonyl (C=O) groups is 1. The third-order valence-corrected chi connectivity index (χ3v) is 5.25. The van der Waals surface area contributed by atoms with Crippen LogP contribution < -0.4 is 15.0 Å². The number of halogens is 1. The van der Waals surface area contributed by atoms with Crippen LogP contribution in [-0.4, -0.2) is 39.4 Å². The molecular weight excluding hydrogens is 382 g/mol. The minimum Gasteiger partial charge on any atom is -0.485 e. The van der Waals surface area contributed by atoms with E-state index in [1.807, 2.05) is 12.1 Å². The van der Waals surface area contributed by atoms with Gasteiger partial charge in [0.2, 0.25) is 6.10 Å². The Balaban J connectivity index is 1.43. The SMILES string of the molecule is O=C([C@H]1COc2ccccc2O1)N1CCc2nc3ccc(Cl)cn3c(=O)c2C1. The van der Waals surface area contributed by atoms with Crippen molar-refractivity contribution in [3.8, 4) is 11.5 Å². The van der Waals surface area contributed by atoms with Gasteiger partial charge >= 0.3 is 0 Å². The lowest BCUT2D eigenvalue weighted by Gasteiger charge is -2.33. The molecule has 28 heavy (non-hydrogen) atoms. The van der Waals surface area contributed by atoms with E-state index < -0.39 is 6.10 Å². The first-order valence-corrected chi connectivity index (χ1v) is 9.35. The molecule has 0 N–H and O–H groups in total. The zero-order valence-electron chi connectivity index (χ0n) is 14.8. The number of amides is 1. The molecule has 1 amide bonds. The standard InChI is InChI=1S/C20H16ClN3O4/c21-12-5-6-18-22-14-7-8-23(10-13(14)19(25)24(18)9-12)20(26)17-11-27-15-3-1-2-4-16(15)28-17/h1-6,9,17H,7-8,10-11H2/t17-/m1/s1. The maximum Gasteiger partial charge on any atom is 0.267 e. The monoisotopic (exact) mass is 397 g/mol. The Hall–Kier alpha value is -3.06. The highest BCUT2D eigenvalue weighted by Crippen LogP contribution is 2.31. The van der Waals surface area contributed by atoms with Crippen molar-refractivity contribution in [3.05, 3.63) is 69.2 Å². The van der Waals surface area contributed by atoms with Crippen LogP contribution in [0.1, 0.15) is 11.3 Å². The molecule has 5 rings (SSSR count). The molecule has 142 valence electrons. The zero-order chi connectivity index (χ0) is 19.3. The molecule has 3 aromatic rings. The lowest BCUT2D eigenvalue weighted by molar-refractivity contribution is -0.142. The van der Waals surface area contributed by atoms with Crippen molar-refractivity contribution in [2.75, 3.05) is 13.2 Å². The van der Waals surface area contributed by atoms with E-state index in [2.05, 4.69) is 4.98 Å². The Bertz CT molecular complexity index is 1160. The lowest BCUT2D eigenvalue weighted by Crippen LogP contribution is -2.49. The third-order valence-electron chi connectivity index (χ3n) is 5.03. The minimum absolute atomic E-state index is 0.143. The maximum atomic E-state index is 13.0. The van der Waals surface area contributed by atoms with Crippen LogP contribution in [0.15, 0.2) is 47.4 Å². The maximum absolute atomic E-state index is 13.0. The molecule has 0 radical (unpaired) electrons. The van der Waals surface area contributed by atoms with Crippen LogP contribution in [0.2, 0.25) is 5.02 Å². The summed E-state index contributed by atoms with van der Waals surface area (Å²) in [5, 5.41) is 0.450. The van der Waals surface area contributed by atoms with E-state index in [4.69, 9.17) is 21.1 Å². The summed E-state index contributed by atoms with van der Waals surface area (Å²) < 4.78 is 12.9. The predicted molar refractivity (Wildman–Crippen MR) is 102 cm³/mol. The van der Waals surface area contributed by atoms with Crippen LogP contribution in [0.3, 0.4) is 0 Å². The van der Waals surface area contributed by atoms with Crippen LogP contribution in [0.4, 0.5) is 0 Å². The predicted octanol–water partition coefficient (Wildman–Crippen LogP) is 2.07. The molecule has 7 nitrogen and oxygen atoms in total. The first-order chi connectivity index (χ1) is 13.6. The van der Waals surface area contributed by atoms with E-state index in [1.54, 1.807) is 35.4 Å². The number of para-hydroxylation sites is 2. The number of ether oxygens (including phenoxy) is 2. The molecule has 2 aliphatic rings. The van der Waals surface area contributed by atoms with E-state index in [0.717, 1.165) is 5.69 Å². The van der Waals surface area contributed by atoms with Crippen LogP contribution in [0.5, 0.6) is 11.5 Å². The van der Waals surface area contributed by atoms with Gasteiger partial charge in [0.15, 0.2) is 11.5 Å². The normalized spacial score (nSPS) is 18.0. The van der Waals surface area contributed by atoms with Crippen molar-refractivity contribution < 1.29 is 14.3 Å². The molecule has 0 bridgehead atoms. The molecule has 0 spiro atoms. The molecule has 8 heteroatoms. The van der Waals surface area contributed by atoms with Crippen LogP contribution in [0, 0.1) is 0 Å². The van der Waals surface area contributed by atoms with Crippen molar-refractivity contribution in [2.45, 2.75) is 19.1 Å². The number of fused-ring (bicyclic) bond motifs is 3. The quantitative estimate of drug-likeness (QED) is 0.628. The highest BCUT2D eigenvalue weighted by molar-refractivity contribution is 6.30. The Kier molecular flexibility index (Phi) is 3.98. The summed E-state index contributed by atoms with van der Waals surface area (Å²) in [5.41, 5.74) is 1.58. The second kappa shape index (κ2) is 6.53. The number of aromatic nitrogens is 2. The van der Waals surface area contributed by atoms with E-state index in [1.165, 1.54) is 4.40 Å². The average Bonchev–Trinajstić information content (AvgIpc) is 2.73. The number of nitrogens with zero attached hydrogens (tertiary/aromatic N) is 3. The van der Waals surface area contributed by atoms with E-state index in [0.29, 0.717) is 40.7 Å². The van der Waals surface area contributed by atoms with Crippen molar-refractivity contribution in [3.63, 3.8) is 0 Å². The molecule has 0 saturated carbocycles. The topological polar surface area (TPSA) is 73.1 Å². The van der Waals surface area contributed by atoms with Gasteiger partial charge in [0.1, 0.15) is 12.3 Å².